The van der Waals surface area contributed by atoms with Crippen molar-refractivity contribution in [2.24, 2.45) is 0 Å². The molecule has 0 unspecified atom stereocenters. The van der Waals surface area contributed by atoms with Crippen LogP contribution in [0.3, 0.4) is 0 Å². The summed E-state index contributed by atoms with van der Waals surface area (Å²) >= 11 is 0. The number of hydrogen-bond acceptors (Lipinski definition) is 5. The second-order valence-electron chi connectivity index (χ2n) is 7.44. The summed E-state index contributed by atoms with van der Waals surface area (Å²) in [6.07, 6.45) is 2.13. The molecule has 1 amide bonds. The Morgan fingerprint density at radius 3 is 2.41 bits per heavy atom. The minimum absolute atomic E-state index is 0.00628. The predicted octanol–water partition coefficient (Wildman–Crippen LogP) is 3.64. The maximum absolute atomic E-state index is 13.0. The lowest BCUT2D eigenvalue weighted by molar-refractivity contribution is 0.102. The number of ether oxygens (including phenoxy) is 1. The number of aryl methyl sites for hydroxylation is 1. The van der Waals surface area contributed by atoms with Gasteiger partial charge in [-0.3, -0.25) is 4.79 Å². The van der Waals surface area contributed by atoms with E-state index in [1.54, 1.807) is 23.7 Å². The van der Waals surface area contributed by atoms with E-state index in [2.05, 4.69) is 10.4 Å². The van der Waals surface area contributed by atoms with Crippen LogP contribution in [0.15, 0.2) is 53.6 Å². The van der Waals surface area contributed by atoms with Gasteiger partial charge in [0.05, 0.1) is 29.7 Å². The molecule has 2 aromatic carbocycles. The molecule has 0 aliphatic rings. The topological polar surface area (TPSA) is 93.5 Å². The molecule has 0 aliphatic carbocycles. The van der Waals surface area contributed by atoms with Gasteiger partial charge in [-0.25, -0.2) is 17.4 Å². The SMILES string of the molecule is CCOc1ccc(NC(=O)c2cnn(-c3ccc(C)cc3)c2CC)cc1S(=O)(=O)N(C)C. The van der Waals surface area contributed by atoms with Crippen molar-refractivity contribution in [1.82, 2.24) is 14.1 Å². The second kappa shape index (κ2) is 9.54. The van der Waals surface area contributed by atoms with E-state index in [0.29, 0.717) is 24.3 Å². The van der Waals surface area contributed by atoms with E-state index in [-0.39, 0.29) is 16.6 Å². The highest BCUT2D eigenvalue weighted by molar-refractivity contribution is 7.89. The predicted molar refractivity (Wildman–Crippen MR) is 124 cm³/mol. The smallest absolute Gasteiger partial charge is 0.259 e. The number of nitrogens with one attached hydrogen (secondary N) is 1. The van der Waals surface area contributed by atoms with Crippen molar-refractivity contribution in [2.45, 2.75) is 32.1 Å². The zero-order valence-electron chi connectivity index (χ0n) is 18.9. The number of nitrogens with zero attached hydrogens (tertiary/aromatic N) is 3. The van der Waals surface area contributed by atoms with Crippen molar-refractivity contribution in [3.8, 4) is 11.4 Å². The number of aromatic nitrogens is 2. The first-order chi connectivity index (χ1) is 15.2. The third-order valence-electron chi connectivity index (χ3n) is 4.99. The van der Waals surface area contributed by atoms with Crippen molar-refractivity contribution in [3.63, 3.8) is 0 Å². The third-order valence-corrected chi connectivity index (χ3v) is 6.82. The fourth-order valence-electron chi connectivity index (χ4n) is 3.27. The number of benzene rings is 2. The Morgan fingerprint density at radius 1 is 1.12 bits per heavy atom. The van der Waals surface area contributed by atoms with Gasteiger partial charge in [-0.1, -0.05) is 24.6 Å². The van der Waals surface area contributed by atoms with Crippen molar-refractivity contribution in [1.29, 1.82) is 0 Å². The molecule has 170 valence electrons. The Labute approximate surface area is 188 Å². The zero-order valence-corrected chi connectivity index (χ0v) is 19.7. The molecule has 3 aromatic rings. The van der Waals surface area contributed by atoms with Crippen LogP contribution in [0.5, 0.6) is 5.75 Å². The lowest BCUT2D eigenvalue weighted by Crippen LogP contribution is -2.23. The van der Waals surface area contributed by atoms with Crippen LogP contribution in [-0.4, -0.2) is 49.1 Å². The molecule has 0 radical (unpaired) electrons. The number of amides is 1. The van der Waals surface area contributed by atoms with Gasteiger partial charge in [-0.15, -0.1) is 0 Å². The highest BCUT2D eigenvalue weighted by atomic mass is 32.2. The van der Waals surface area contributed by atoms with Crippen LogP contribution in [0.4, 0.5) is 5.69 Å². The lowest BCUT2D eigenvalue weighted by Gasteiger charge is -2.16. The lowest BCUT2D eigenvalue weighted by atomic mass is 10.1. The number of sulfonamides is 1. The zero-order chi connectivity index (χ0) is 23.5. The summed E-state index contributed by atoms with van der Waals surface area (Å²) in [5.41, 5.74) is 3.55. The van der Waals surface area contributed by atoms with Crippen molar-refractivity contribution >= 4 is 21.6 Å². The van der Waals surface area contributed by atoms with Crippen molar-refractivity contribution in [3.05, 3.63) is 65.5 Å². The van der Waals surface area contributed by atoms with Gasteiger partial charge < -0.3 is 10.1 Å². The van der Waals surface area contributed by atoms with E-state index in [1.165, 1.54) is 26.4 Å². The summed E-state index contributed by atoms with van der Waals surface area (Å²) in [4.78, 5) is 13.0. The molecule has 0 fully saturated rings. The Balaban J connectivity index is 1.95. The Hall–Kier alpha value is -3.17. The largest absolute Gasteiger partial charge is 0.492 e. The monoisotopic (exact) mass is 456 g/mol. The normalized spacial score (nSPS) is 11.6. The summed E-state index contributed by atoms with van der Waals surface area (Å²) in [5.74, 6) is -0.127. The molecule has 9 heteroatoms. The fourth-order valence-corrected chi connectivity index (χ4v) is 4.32. The number of hydrogen-bond donors (Lipinski definition) is 1. The minimum atomic E-state index is -3.76. The van der Waals surface area contributed by atoms with Crippen molar-refractivity contribution < 1.29 is 17.9 Å². The molecule has 1 aromatic heterocycles. The van der Waals surface area contributed by atoms with Crippen LogP contribution in [0.1, 0.15) is 35.5 Å². The molecule has 32 heavy (non-hydrogen) atoms. The third kappa shape index (κ3) is 4.68. The van der Waals surface area contributed by atoms with Crippen LogP contribution in [0, 0.1) is 6.92 Å². The van der Waals surface area contributed by atoms with Crippen LogP contribution in [0.25, 0.3) is 5.69 Å². The molecule has 0 saturated carbocycles. The molecule has 0 atom stereocenters. The maximum Gasteiger partial charge on any atom is 0.259 e. The molecule has 8 nitrogen and oxygen atoms in total. The quantitative estimate of drug-likeness (QED) is 0.559. The van der Waals surface area contributed by atoms with Gasteiger partial charge in [-0.05, 0) is 50.6 Å². The molecule has 0 saturated heterocycles. The molecule has 3 rings (SSSR count). The summed E-state index contributed by atoms with van der Waals surface area (Å²) < 4.78 is 33.8. The van der Waals surface area contributed by atoms with Gasteiger partial charge in [0.15, 0.2) is 0 Å². The van der Waals surface area contributed by atoms with Gasteiger partial charge in [0.25, 0.3) is 5.91 Å². The molecular weight excluding hydrogens is 428 g/mol. The molecule has 1 heterocycles. The van der Waals surface area contributed by atoms with E-state index in [4.69, 9.17) is 4.74 Å². The van der Waals surface area contributed by atoms with E-state index < -0.39 is 10.0 Å². The van der Waals surface area contributed by atoms with Crippen LogP contribution < -0.4 is 10.1 Å². The van der Waals surface area contributed by atoms with E-state index in [0.717, 1.165) is 21.2 Å². The first kappa shape index (κ1) is 23.5. The summed E-state index contributed by atoms with van der Waals surface area (Å²) in [6.45, 7) is 6.06. The molecule has 0 bridgehead atoms. The van der Waals surface area contributed by atoms with E-state index in [9.17, 15) is 13.2 Å². The highest BCUT2D eigenvalue weighted by Crippen LogP contribution is 2.29. The summed E-state index contributed by atoms with van der Waals surface area (Å²) in [7, 11) is -0.865. The van der Waals surface area contributed by atoms with Gasteiger partial charge in [0.2, 0.25) is 10.0 Å². The maximum atomic E-state index is 13.0. The molecule has 0 spiro atoms. The number of carbonyl (C=O) groups is 1. The van der Waals surface area contributed by atoms with Gasteiger partial charge >= 0.3 is 0 Å². The van der Waals surface area contributed by atoms with Crippen molar-refractivity contribution in [2.75, 3.05) is 26.0 Å². The van der Waals surface area contributed by atoms with Gasteiger partial charge in [0.1, 0.15) is 10.6 Å². The Bertz CT molecular complexity index is 1220. The molecular formula is C23H28N4O4S. The fraction of sp³-hybridized carbons (Fsp3) is 0.304. The minimum Gasteiger partial charge on any atom is -0.492 e. The highest BCUT2D eigenvalue weighted by Gasteiger charge is 2.24. The summed E-state index contributed by atoms with van der Waals surface area (Å²) in [5, 5.41) is 7.20. The average molecular weight is 457 g/mol. The molecule has 0 aliphatic heterocycles. The van der Waals surface area contributed by atoms with Crippen LogP contribution >= 0.6 is 0 Å². The first-order valence-electron chi connectivity index (χ1n) is 10.3. The van der Waals surface area contributed by atoms with Gasteiger partial charge in [-0.2, -0.15) is 5.10 Å². The Kier molecular flexibility index (Phi) is 7.00. The first-order valence-corrected chi connectivity index (χ1v) is 11.8. The van der Waals surface area contributed by atoms with Gasteiger partial charge in [0, 0.05) is 19.8 Å². The molecule has 1 N–H and O–H groups in total. The standard InChI is InChI=1S/C23H28N4O4S/c1-6-20-19(15-24-27(20)18-11-8-16(3)9-12-18)23(28)25-17-10-13-21(31-7-2)22(14-17)32(29,30)26(4)5/h8-15H,6-7H2,1-5H3,(H,25,28). The van der Waals surface area contributed by atoms with Crippen LogP contribution in [-0.2, 0) is 16.4 Å². The number of rotatable bonds is 8. The number of carbonyl (C=O) groups excluding carboxylic acids is 1. The Morgan fingerprint density at radius 2 is 1.81 bits per heavy atom. The average Bonchev–Trinajstić information content (AvgIpc) is 3.19. The second-order valence-corrected chi connectivity index (χ2v) is 9.56. The summed E-state index contributed by atoms with van der Waals surface area (Å²) in [6, 6.07) is 12.5. The number of anilines is 1. The van der Waals surface area contributed by atoms with E-state index >= 15 is 0 Å². The van der Waals surface area contributed by atoms with Crippen LogP contribution in [0.2, 0.25) is 0 Å². The van der Waals surface area contributed by atoms with E-state index in [1.807, 2.05) is 38.1 Å².